The lowest BCUT2D eigenvalue weighted by molar-refractivity contribution is -0.153. The zero-order chi connectivity index (χ0) is 38.8. The summed E-state index contributed by atoms with van der Waals surface area (Å²) >= 11 is 0. The summed E-state index contributed by atoms with van der Waals surface area (Å²) in [6, 6.07) is 4.15. The van der Waals surface area contributed by atoms with Crippen LogP contribution in [0.15, 0.2) is 24.3 Å². The number of likely N-dealkylation sites (N-methyl/N-ethyl adjacent to an activating group) is 1. The van der Waals surface area contributed by atoms with Crippen LogP contribution in [0.25, 0.3) is 0 Å². The molecule has 1 aromatic carbocycles. The molecule has 14 heteroatoms. The topological polar surface area (TPSA) is 198 Å². The lowest BCUT2D eigenvalue weighted by Gasteiger charge is -2.25. The Morgan fingerprint density at radius 3 is 2.06 bits per heavy atom. The number of hydrogen-bond acceptors (Lipinski definition) is 8. The second kappa shape index (κ2) is 21.8. The quantitative estimate of drug-likeness (QED) is 0.0931. The molecule has 0 radical (unpaired) electrons. The van der Waals surface area contributed by atoms with Crippen LogP contribution in [0.2, 0.25) is 0 Å². The number of amides is 6. The van der Waals surface area contributed by atoms with Crippen molar-refractivity contribution in [1.82, 2.24) is 20.9 Å². The Morgan fingerprint density at radius 1 is 0.843 bits per heavy atom. The largest absolute Gasteiger partial charge is 0.463 e. The number of ether oxygens (including phenoxy) is 2. The highest BCUT2D eigenvalue weighted by Crippen LogP contribution is 2.22. The minimum Gasteiger partial charge on any atom is -0.463 e. The Labute approximate surface area is 303 Å². The zero-order valence-electron chi connectivity index (χ0n) is 32.1. The fourth-order valence-electron chi connectivity index (χ4n) is 4.70. The number of hydrogen-bond donors (Lipinski definition) is 5. The first-order chi connectivity index (χ1) is 23.7. The standard InChI is InChI=1S/C37H62N6O8/c1-25(2)30(42-29(44)15-11-10-12-20-36(3,4)5)32(46)41-28(14-13-21-39-34(38)48)31(45)40-27-18-16-26(17-19-27)24-51-35(49)43(9)22-23-50-33(47)37(6,7)8/h16-19,25,28,30H,10-15,20-24H2,1-9H3,(H,40,45)(H,41,46)(H,42,44)(H3,38,39,48)/t28-,30-/m0/s1. The summed E-state index contributed by atoms with van der Waals surface area (Å²) in [5, 5.41) is 10.9. The van der Waals surface area contributed by atoms with E-state index in [2.05, 4.69) is 42.0 Å². The Balaban J connectivity index is 2.79. The summed E-state index contributed by atoms with van der Waals surface area (Å²) in [7, 11) is 1.54. The number of anilines is 1. The van der Waals surface area contributed by atoms with Crippen molar-refractivity contribution in [1.29, 1.82) is 0 Å². The molecule has 288 valence electrons. The van der Waals surface area contributed by atoms with E-state index >= 15 is 0 Å². The summed E-state index contributed by atoms with van der Waals surface area (Å²) in [4.78, 5) is 76.2. The predicted molar refractivity (Wildman–Crippen MR) is 196 cm³/mol. The molecule has 1 rings (SSSR count). The fraction of sp³-hybridized carbons (Fsp3) is 0.676. The van der Waals surface area contributed by atoms with Crippen molar-refractivity contribution in [2.75, 3.05) is 32.1 Å². The molecule has 0 unspecified atom stereocenters. The molecule has 0 bridgehead atoms. The van der Waals surface area contributed by atoms with Crippen molar-refractivity contribution in [2.24, 2.45) is 22.5 Å². The van der Waals surface area contributed by atoms with Gasteiger partial charge in [0, 0.05) is 25.7 Å². The second-order valence-corrected chi connectivity index (χ2v) is 15.5. The maximum atomic E-state index is 13.4. The van der Waals surface area contributed by atoms with E-state index in [-0.39, 0.29) is 55.9 Å². The minimum absolute atomic E-state index is 0.0239. The first-order valence-corrected chi connectivity index (χ1v) is 17.8. The number of urea groups is 1. The van der Waals surface area contributed by atoms with Crippen molar-refractivity contribution in [2.45, 2.75) is 119 Å². The molecule has 6 amide bonds. The van der Waals surface area contributed by atoms with Gasteiger partial charge >= 0.3 is 18.1 Å². The van der Waals surface area contributed by atoms with Crippen LogP contribution in [-0.2, 0) is 35.3 Å². The first kappa shape index (κ1) is 44.7. The molecule has 6 N–H and O–H groups in total. The number of nitrogens with zero attached hydrogens (tertiary/aromatic N) is 1. The van der Waals surface area contributed by atoms with Crippen molar-refractivity contribution in [3.63, 3.8) is 0 Å². The van der Waals surface area contributed by atoms with Crippen LogP contribution in [0.5, 0.6) is 0 Å². The number of unbranched alkanes of at least 4 members (excludes halogenated alkanes) is 2. The van der Waals surface area contributed by atoms with Crippen molar-refractivity contribution >= 4 is 41.5 Å². The third-order valence-corrected chi connectivity index (χ3v) is 7.87. The molecule has 0 aliphatic heterocycles. The molecular weight excluding hydrogens is 656 g/mol. The first-order valence-electron chi connectivity index (χ1n) is 17.8. The van der Waals surface area contributed by atoms with Crippen LogP contribution >= 0.6 is 0 Å². The highest BCUT2D eigenvalue weighted by Gasteiger charge is 2.29. The van der Waals surface area contributed by atoms with Gasteiger partial charge < -0.3 is 41.4 Å². The number of carbonyl (C=O) groups excluding carboxylic acids is 6. The van der Waals surface area contributed by atoms with Gasteiger partial charge in [0.2, 0.25) is 17.7 Å². The van der Waals surface area contributed by atoms with Crippen LogP contribution in [0.1, 0.15) is 106 Å². The average Bonchev–Trinajstić information content (AvgIpc) is 3.02. The lowest BCUT2D eigenvalue weighted by Crippen LogP contribution is -2.54. The molecule has 0 saturated heterocycles. The van der Waals surface area contributed by atoms with Gasteiger partial charge in [-0.3, -0.25) is 19.2 Å². The molecule has 0 fully saturated rings. The molecular formula is C37H62N6O8. The van der Waals surface area contributed by atoms with Crippen LogP contribution in [0, 0.1) is 16.7 Å². The number of nitrogens with two attached hydrogens (primary N) is 1. The molecule has 1 aromatic rings. The summed E-state index contributed by atoms with van der Waals surface area (Å²) in [5.41, 5.74) is 5.89. The molecule has 51 heavy (non-hydrogen) atoms. The summed E-state index contributed by atoms with van der Waals surface area (Å²) in [6.45, 7) is 15.8. The van der Waals surface area contributed by atoms with Gasteiger partial charge in [0.15, 0.2) is 0 Å². The number of primary amides is 1. The molecule has 0 heterocycles. The maximum Gasteiger partial charge on any atom is 0.409 e. The highest BCUT2D eigenvalue weighted by molar-refractivity contribution is 5.98. The van der Waals surface area contributed by atoms with Crippen LogP contribution in [0.4, 0.5) is 15.3 Å². The normalized spacial score (nSPS) is 12.7. The Bertz CT molecular complexity index is 1290. The fourth-order valence-corrected chi connectivity index (χ4v) is 4.70. The van der Waals surface area contributed by atoms with Crippen molar-refractivity contribution in [3.8, 4) is 0 Å². The maximum absolute atomic E-state index is 13.4. The summed E-state index contributed by atoms with van der Waals surface area (Å²) in [6.07, 6.45) is 4.02. The molecule has 0 aliphatic carbocycles. The van der Waals surface area contributed by atoms with E-state index in [9.17, 15) is 28.8 Å². The monoisotopic (exact) mass is 718 g/mol. The number of carbonyl (C=O) groups is 6. The van der Waals surface area contributed by atoms with Crippen LogP contribution in [-0.4, -0.2) is 79.5 Å². The van der Waals surface area contributed by atoms with Crippen LogP contribution < -0.4 is 27.0 Å². The summed E-state index contributed by atoms with van der Waals surface area (Å²) < 4.78 is 10.5. The number of esters is 1. The molecule has 14 nitrogen and oxygen atoms in total. The van der Waals surface area contributed by atoms with Gasteiger partial charge in [-0.1, -0.05) is 59.6 Å². The summed E-state index contributed by atoms with van der Waals surface area (Å²) in [5.74, 6) is -1.78. The van der Waals surface area contributed by atoms with Gasteiger partial charge in [-0.05, 0) is 75.5 Å². The van der Waals surface area contributed by atoms with E-state index in [4.69, 9.17) is 15.2 Å². The third kappa shape index (κ3) is 19.6. The van der Waals surface area contributed by atoms with E-state index in [0.717, 1.165) is 25.7 Å². The lowest BCUT2D eigenvalue weighted by atomic mass is 9.89. The van der Waals surface area contributed by atoms with E-state index in [1.54, 1.807) is 52.1 Å². The minimum atomic E-state index is -0.971. The van der Waals surface area contributed by atoms with Gasteiger partial charge in [-0.15, -0.1) is 0 Å². The molecule has 2 atom stereocenters. The Hall–Kier alpha value is -4.36. The Kier molecular flexibility index (Phi) is 19.1. The van der Waals surface area contributed by atoms with E-state index < -0.39 is 41.4 Å². The van der Waals surface area contributed by atoms with Gasteiger partial charge in [0.25, 0.3) is 0 Å². The van der Waals surface area contributed by atoms with Gasteiger partial charge in [-0.2, -0.15) is 0 Å². The number of nitrogens with one attached hydrogen (secondary N) is 4. The molecule has 0 aromatic heterocycles. The van der Waals surface area contributed by atoms with Gasteiger partial charge in [-0.25, -0.2) is 9.59 Å². The van der Waals surface area contributed by atoms with Gasteiger partial charge in [0.1, 0.15) is 25.3 Å². The SMILES string of the molecule is CC(C)[C@H](NC(=O)CCCCCC(C)(C)C)C(=O)N[C@@H](CCCNC(N)=O)C(=O)Nc1ccc(COC(=O)N(C)CCOC(=O)C(C)(C)C)cc1. The van der Waals surface area contributed by atoms with Crippen LogP contribution in [0.3, 0.4) is 0 Å². The van der Waals surface area contributed by atoms with Crippen molar-refractivity contribution < 1.29 is 38.2 Å². The smallest absolute Gasteiger partial charge is 0.409 e. The average molecular weight is 719 g/mol. The van der Waals surface area contributed by atoms with Gasteiger partial charge in [0.05, 0.1) is 12.0 Å². The second-order valence-electron chi connectivity index (χ2n) is 15.5. The highest BCUT2D eigenvalue weighted by atomic mass is 16.6. The predicted octanol–water partition coefficient (Wildman–Crippen LogP) is 4.85. The van der Waals surface area contributed by atoms with E-state index in [1.807, 2.05) is 13.8 Å². The zero-order valence-corrected chi connectivity index (χ0v) is 32.1. The Morgan fingerprint density at radius 2 is 1.49 bits per heavy atom. The van der Waals surface area contributed by atoms with E-state index in [0.29, 0.717) is 24.1 Å². The third-order valence-electron chi connectivity index (χ3n) is 7.87. The molecule has 0 aliphatic rings. The number of rotatable bonds is 20. The van der Waals surface area contributed by atoms with Crippen molar-refractivity contribution in [3.05, 3.63) is 29.8 Å². The molecule has 0 spiro atoms. The molecule has 0 saturated carbocycles. The van der Waals surface area contributed by atoms with E-state index in [1.165, 1.54) is 4.90 Å². The number of benzene rings is 1.